The van der Waals surface area contributed by atoms with Crippen LogP contribution in [0.5, 0.6) is 11.5 Å². The molecule has 0 saturated carbocycles. The first-order valence-electron chi connectivity index (χ1n) is 6.89. The first-order chi connectivity index (χ1) is 10.7. The summed E-state index contributed by atoms with van der Waals surface area (Å²) in [7, 11) is 0. The summed E-state index contributed by atoms with van der Waals surface area (Å²) in [5, 5.41) is 0. The standard InChI is InChI=1S/C16H15BrF3NO2/c1-10-4-3-5-11(2)13(10)23-14-12(17)6-8-21(15(14)22)9-7-16(18,19)20/h3-6,8H,7,9H2,1-2H3. The molecule has 0 spiro atoms. The highest BCUT2D eigenvalue weighted by Crippen LogP contribution is 2.31. The minimum atomic E-state index is -4.32. The zero-order valence-electron chi connectivity index (χ0n) is 12.6. The summed E-state index contributed by atoms with van der Waals surface area (Å²) in [6.07, 6.45) is -4.08. The van der Waals surface area contributed by atoms with Crippen molar-refractivity contribution in [3.8, 4) is 11.5 Å². The minimum Gasteiger partial charge on any atom is -0.450 e. The van der Waals surface area contributed by atoms with E-state index in [0.29, 0.717) is 10.2 Å². The third-order valence-electron chi connectivity index (χ3n) is 3.32. The maximum absolute atomic E-state index is 12.4. The van der Waals surface area contributed by atoms with Crippen LogP contribution in [0.25, 0.3) is 0 Å². The average Bonchev–Trinajstić information content (AvgIpc) is 2.44. The fourth-order valence-corrected chi connectivity index (χ4v) is 2.48. The molecule has 0 bridgehead atoms. The highest BCUT2D eigenvalue weighted by atomic mass is 79.9. The van der Waals surface area contributed by atoms with Gasteiger partial charge in [0, 0.05) is 12.7 Å². The fourth-order valence-electron chi connectivity index (χ4n) is 2.11. The van der Waals surface area contributed by atoms with Crippen molar-refractivity contribution in [2.24, 2.45) is 0 Å². The third-order valence-corrected chi connectivity index (χ3v) is 3.95. The van der Waals surface area contributed by atoms with E-state index in [9.17, 15) is 18.0 Å². The molecule has 2 aromatic rings. The van der Waals surface area contributed by atoms with Crippen molar-refractivity contribution >= 4 is 15.9 Å². The molecule has 23 heavy (non-hydrogen) atoms. The lowest BCUT2D eigenvalue weighted by molar-refractivity contribution is -0.136. The molecule has 0 fully saturated rings. The molecule has 0 aliphatic rings. The first kappa shape index (κ1) is 17.6. The molecule has 124 valence electrons. The lowest BCUT2D eigenvalue weighted by Gasteiger charge is -2.14. The quantitative estimate of drug-likeness (QED) is 0.738. The Labute approximate surface area is 139 Å². The van der Waals surface area contributed by atoms with Crippen molar-refractivity contribution < 1.29 is 17.9 Å². The van der Waals surface area contributed by atoms with Crippen LogP contribution in [0.2, 0.25) is 0 Å². The zero-order valence-corrected chi connectivity index (χ0v) is 14.2. The number of pyridine rings is 1. The van der Waals surface area contributed by atoms with Crippen LogP contribution in [-0.4, -0.2) is 10.7 Å². The van der Waals surface area contributed by atoms with Crippen molar-refractivity contribution in [3.63, 3.8) is 0 Å². The Balaban J connectivity index is 2.37. The molecule has 1 aromatic heterocycles. The summed E-state index contributed by atoms with van der Waals surface area (Å²) in [4.78, 5) is 12.4. The number of nitrogens with zero attached hydrogens (tertiary/aromatic N) is 1. The highest BCUT2D eigenvalue weighted by Gasteiger charge is 2.27. The summed E-state index contributed by atoms with van der Waals surface area (Å²) in [6, 6.07) is 7.03. The summed E-state index contributed by atoms with van der Waals surface area (Å²) in [5.74, 6) is 0.506. The zero-order chi connectivity index (χ0) is 17.2. The van der Waals surface area contributed by atoms with E-state index in [1.807, 2.05) is 32.0 Å². The van der Waals surface area contributed by atoms with Gasteiger partial charge in [0.15, 0.2) is 0 Å². The molecule has 0 unspecified atom stereocenters. The molecule has 0 N–H and O–H groups in total. The summed E-state index contributed by atoms with van der Waals surface area (Å²) in [5.41, 5.74) is 1.07. The molecule has 2 rings (SSSR count). The van der Waals surface area contributed by atoms with E-state index in [4.69, 9.17) is 4.74 Å². The number of rotatable bonds is 4. The van der Waals surface area contributed by atoms with Crippen molar-refractivity contribution in [3.05, 3.63) is 56.4 Å². The van der Waals surface area contributed by atoms with Gasteiger partial charge in [-0.05, 0) is 47.0 Å². The molecule has 0 aliphatic carbocycles. The van der Waals surface area contributed by atoms with Crippen LogP contribution in [0, 0.1) is 13.8 Å². The van der Waals surface area contributed by atoms with Crippen molar-refractivity contribution in [1.82, 2.24) is 4.57 Å². The van der Waals surface area contributed by atoms with Gasteiger partial charge in [-0.15, -0.1) is 0 Å². The van der Waals surface area contributed by atoms with E-state index in [2.05, 4.69) is 15.9 Å². The van der Waals surface area contributed by atoms with Gasteiger partial charge in [0.1, 0.15) is 5.75 Å². The Hall–Kier alpha value is -1.76. The molecular weight excluding hydrogens is 375 g/mol. The van der Waals surface area contributed by atoms with Crippen LogP contribution in [-0.2, 0) is 6.54 Å². The van der Waals surface area contributed by atoms with Gasteiger partial charge in [-0.3, -0.25) is 4.79 Å². The van der Waals surface area contributed by atoms with E-state index >= 15 is 0 Å². The van der Waals surface area contributed by atoms with Gasteiger partial charge >= 0.3 is 6.18 Å². The molecule has 0 atom stereocenters. The van der Waals surface area contributed by atoms with E-state index < -0.39 is 24.7 Å². The minimum absolute atomic E-state index is 0.0212. The van der Waals surface area contributed by atoms with Gasteiger partial charge < -0.3 is 9.30 Å². The van der Waals surface area contributed by atoms with Crippen molar-refractivity contribution in [2.45, 2.75) is 33.0 Å². The van der Waals surface area contributed by atoms with Gasteiger partial charge in [-0.1, -0.05) is 18.2 Å². The van der Waals surface area contributed by atoms with E-state index in [0.717, 1.165) is 15.7 Å². The molecular formula is C16H15BrF3NO2. The SMILES string of the molecule is Cc1cccc(C)c1Oc1c(Br)ccn(CCC(F)(F)F)c1=O. The van der Waals surface area contributed by atoms with Crippen LogP contribution in [0.15, 0.2) is 39.7 Å². The first-order valence-corrected chi connectivity index (χ1v) is 7.68. The van der Waals surface area contributed by atoms with Crippen molar-refractivity contribution in [2.75, 3.05) is 0 Å². The van der Waals surface area contributed by atoms with Gasteiger partial charge in [-0.2, -0.15) is 13.2 Å². The average molecular weight is 390 g/mol. The fraction of sp³-hybridized carbons (Fsp3) is 0.312. The second kappa shape index (κ2) is 6.78. The number of aromatic nitrogens is 1. The molecule has 1 aromatic carbocycles. The van der Waals surface area contributed by atoms with E-state index in [1.54, 1.807) is 0 Å². The number of para-hydroxylation sites is 1. The van der Waals surface area contributed by atoms with E-state index in [-0.39, 0.29) is 5.75 Å². The monoisotopic (exact) mass is 389 g/mol. The maximum atomic E-state index is 12.4. The number of hydrogen-bond donors (Lipinski definition) is 0. The molecule has 0 radical (unpaired) electrons. The number of ether oxygens (including phenoxy) is 1. The molecule has 1 heterocycles. The summed E-state index contributed by atoms with van der Waals surface area (Å²) < 4.78 is 44.2. The third kappa shape index (κ3) is 4.37. The Morgan fingerprint density at radius 2 is 1.74 bits per heavy atom. The Morgan fingerprint density at radius 1 is 1.13 bits per heavy atom. The number of aryl methyl sites for hydroxylation is 3. The molecule has 7 heteroatoms. The van der Waals surface area contributed by atoms with Gasteiger partial charge in [0.05, 0.1) is 10.9 Å². The molecule has 3 nitrogen and oxygen atoms in total. The lowest BCUT2D eigenvalue weighted by atomic mass is 10.1. The predicted octanol–water partition coefficient (Wildman–Crippen LogP) is 4.97. The molecule has 0 amide bonds. The van der Waals surface area contributed by atoms with Crippen LogP contribution < -0.4 is 10.3 Å². The smallest absolute Gasteiger partial charge is 0.390 e. The number of halogens is 4. The molecule has 0 saturated heterocycles. The predicted molar refractivity (Wildman–Crippen MR) is 85.1 cm³/mol. The lowest BCUT2D eigenvalue weighted by Crippen LogP contribution is -2.24. The van der Waals surface area contributed by atoms with Crippen LogP contribution >= 0.6 is 15.9 Å². The Morgan fingerprint density at radius 3 is 2.30 bits per heavy atom. The van der Waals surface area contributed by atoms with Gasteiger partial charge in [0.2, 0.25) is 5.75 Å². The van der Waals surface area contributed by atoms with Crippen LogP contribution in [0.4, 0.5) is 13.2 Å². The normalized spacial score (nSPS) is 11.6. The Kier molecular flexibility index (Phi) is 5.19. The second-order valence-corrected chi connectivity index (χ2v) is 6.03. The largest absolute Gasteiger partial charge is 0.450 e. The summed E-state index contributed by atoms with van der Waals surface area (Å²) >= 11 is 3.22. The Bertz CT molecular complexity index is 749. The van der Waals surface area contributed by atoms with Gasteiger partial charge in [-0.25, -0.2) is 0 Å². The summed E-state index contributed by atoms with van der Waals surface area (Å²) in [6.45, 7) is 3.22. The molecule has 0 aliphatic heterocycles. The second-order valence-electron chi connectivity index (χ2n) is 5.18. The number of alkyl halides is 3. The number of benzene rings is 1. The van der Waals surface area contributed by atoms with E-state index in [1.165, 1.54) is 12.3 Å². The number of hydrogen-bond acceptors (Lipinski definition) is 2. The van der Waals surface area contributed by atoms with Gasteiger partial charge in [0.25, 0.3) is 5.56 Å². The van der Waals surface area contributed by atoms with Crippen LogP contribution in [0.3, 0.4) is 0 Å². The highest BCUT2D eigenvalue weighted by molar-refractivity contribution is 9.10. The topological polar surface area (TPSA) is 31.2 Å². The van der Waals surface area contributed by atoms with Crippen molar-refractivity contribution in [1.29, 1.82) is 0 Å². The van der Waals surface area contributed by atoms with Crippen LogP contribution in [0.1, 0.15) is 17.5 Å². The maximum Gasteiger partial charge on any atom is 0.390 e.